The summed E-state index contributed by atoms with van der Waals surface area (Å²) in [5.41, 5.74) is 0. The van der Waals surface area contributed by atoms with Crippen molar-refractivity contribution in [1.82, 2.24) is 0 Å². The summed E-state index contributed by atoms with van der Waals surface area (Å²) in [7, 11) is -1.15. The smallest absolute Gasteiger partial charge is 0.0654 e. The topological polar surface area (TPSA) is 0 Å². The SMILES string of the molecule is CCCCCCCCCCCCC[PH](CCCCCCCCC)(CCCCCCCCCCCCC)CCCCCCCCCCCCC. The molecular formula is C48H101P. The van der Waals surface area contributed by atoms with Crippen LogP contribution in [0.4, 0.5) is 0 Å². The van der Waals surface area contributed by atoms with E-state index >= 15 is 0 Å². The van der Waals surface area contributed by atoms with Crippen molar-refractivity contribution >= 4 is 7.26 Å². The summed E-state index contributed by atoms with van der Waals surface area (Å²) in [5, 5.41) is 0. The molecular weight excluding hydrogens is 608 g/mol. The van der Waals surface area contributed by atoms with E-state index in [1.807, 2.05) is 0 Å². The quantitative estimate of drug-likeness (QED) is 0.0437. The molecule has 0 nitrogen and oxygen atoms in total. The van der Waals surface area contributed by atoms with E-state index < -0.39 is 7.26 Å². The molecule has 0 aliphatic carbocycles. The fraction of sp³-hybridized carbons (Fsp3) is 1.00. The Bertz CT molecular complexity index is 505. The second kappa shape index (κ2) is 42.8. The van der Waals surface area contributed by atoms with Gasteiger partial charge in [0.05, 0.1) is 0 Å². The van der Waals surface area contributed by atoms with Gasteiger partial charge in [-0.05, 0) is 0 Å². The van der Waals surface area contributed by atoms with Gasteiger partial charge in [-0.2, -0.15) is 0 Å². The zero-order valence-electron chi connectivity index (χ0n) is 35.6. The van der Waals surface area contributed by atoms with Gasteiger partial charge in [0.1, 0.15) is 0 Å². The number of rotatable bonds is 44. The summed E-state index contributed by atoms with van der Waals surface area (Å²) in [6.07, 6.45) is 66.5. The summed E-state index contributed by atoms with van der Waals surface area (Å²) < 4.78 is 0. The molecule has 0 saturated carbocycles. The van der Waals surface area contributed by atoms with Crippen LogP contribution in [0.25, 0.3) is 0 Å². The van der Waals surface area contributed by atoms with Gasteiger partial charge in [-0.1, -0.05) is 20.8 Å². The average Bonchev–Trinajstić information content (AvgIpc) is 3.11. The number of hydrogen-bond acceptors (Lipinski definition) is 0. The molecule has 0 aromatic carbocycles. The fourth-order valence-electron chi connectivity index (χ4n) is 8.70. The molecule has 0 amide bonds. The second-order valence-corrected chi connectivity index (χ2v) is 22.2. The Hall–Kier alpha value is 0.430. The van der Waals surface area contributed by atoms with Crippen molar-refractivity contribution in [2.75, 3.05) is 24.6 Å². The monoisotopic (exact) mass is 709 g/mol. The molecule has 0 unspecified atom stereocenters. The van der Waals surface area contributed by atoms with Crippen molar-refractivity contribution in [2.24, 2.45) is 0 Å². The molecule has 0 heterocycles. The van der Waals surface area contributed by atoms with Crippen LogP contribution in [0.5, 0.6) is 0 Å². The maximum absolute atomic E-state index is 2.36. The third kappa shape index (κ3) is 38.0. The van der Waals surface area contributed by atoms with Crippen LogP contribution in [0.1, 0.15) is 285 Å². The first-order valence-electron chi connectivity index (χ1n) is 24.2. The van der Waals surface area contributed by atoms with Crippen LogP contribution >= 0.6 is 7.26 Å². The molecule has 0 bridgehead atoms. The average molecular weight is 709 g/mol. The Balaban J connectivity index is 4.81. The molecule has 0 radical (unpaired) electrons. The van der Waals surface area contributed by atoms with Crippen LogP contribution in [0.3, 0.4) is 0 Å². The van der Waals surface area contributed by atoms with Crippen LogP contribution < -0.4 is 0 Å². The van der Waals surface area contributed by atoms with Crippen LogP contribution in [0, 0.1) is 0 Å². The number of hydrogen-bond donors (Lipinski definition) is 0. The van der Waals surface area contributed by atoms with Crippen LogP contribution in [0.2, 0.25) is 0 Å². The zero-order valence-corrected chi connectivity index (χ0v) is 36.6. The molecule has 0 spiro atoms. The molecule has 0 atom stereocenters. The normalized spacial score (nSPS) is 12.3. The van der Waals surface area contributed by atoms with Gasteiger partial charge in [0.2, 0.25) is 0 Å². The Morgan fingerprint density at radius 3 is 0.429 bits per heavy atom. The minimum Gasteiger partial charge on any atom is -0.0654 e. The zero-order chi connectivity index (χ0) is 35.6. The van der Waals surface area contributed by atoms with Gasteiger partial charge in [-0.25, -0.2) is 0 Å². The Labute approximate surface area is 315 Å². The van der Waals surface area contributed by atoms with E-state index in [1.54, 1.807) is 50.3 Å². The third-order valence-corrected chi connectivity index (χ3v) is 17.9. The van der Waals surface area contributed by atoms with E-state index in [-0.39, 0.29) is 0 Å². The third-order valence-electron chi connectivity index (χ3n) is 12.2. The summed E-state index contributed by atoms with van der Waals surface area (Å²) in [6.45, 7) is 9.37. The van der Waals surface area contributed by atoms with Gasteiger partial charge in [0.15, 0.2) is 0 Å². The van der Waals surface area contributed by atoms with Gasteiger partial charge >= 0.3 is 296 Å². The van der Waals surface area contributed by atoms with E-state index in [1.165, 1.54) is 231 Å². The summed E-state index contributed by atoms with van der Waals surface area (Å²) >= 11 is 0. The number of unbranched alkanes of at least 4 members (excludes halogenated alkanes) is 36. The Morgan fingerprint density at radius 1 is 0.163 bits per heavy atom. The summed E-state index contributed by atoms with van der Waals surface area (Å²) in [4.78, 5) is 0. The van der Waals surface area contributed by atoms with Crippen molar-refractivity contribution in [2.45, 2.75) is 285 Å². The minimum absolute atomic E-state index is 1.15. The van der Waals surface area contributed by atoms with Crippen molar-refractivity contribution in [3.05, 3.63) is 0 Å². The Morgan fingerprint density at radius 2 is 0.286 bits per heavy atom. The molecule has 0 fully saturated rings. The molecule has 0 aliphatic heterocycles. The Kier molecular flexibility index (Phi) is 43.2. The van der Waals surface area contributed by atoms with Crippen molar-refractivity contribution in [3.8, 4) is 0 Å². The van der Waals surface area contributed by atoms with E-state index in [2.05, 4.69) is 27.7 Å². The van der Waals surface area contributed by atoms with Gasteiger partial charge in [0, 0.05) is 0 Å². The maximum atomic E-state index is 2.36. The van der Waals surface area contributed by atoms with E-state index in [4.69, 9.17) is 0 Å². The molecule has 0 saturated heterocycles. The first-order valence-corrected chi connectivity index (χ1v) is 27.1. The van der Waals surface area contributed by atoms with Crippen LogP contribution in [-0.2, 0) is 0 Å². The van der Waals surface area contributed by atoms with E-state index in [9.17, 15) is 0 Å². The van der Waals surface area contributed by atoms with E-state index in [0.717, 1.165) is 0 Å². The van der Waals surface area contributed by atoms with Crippen molar-refractivity contribution in [1.29, 1.82) is 0 Å². The molecule has 298 valence electrons. The van der Waals surface area contributed by atoms with E-state index in [0.29, 0.717) is 0 Å². The molecule has 0 rings (SSSR count). The minimum atomic E-state index is -1.15. The van der Waals surface area contributed by atoms with Gasteiger partial charge in [-0.15, -0.1) is 0 Å². The second-order valence-electron chi connectivity index (χ2n) is 17.2. The van der Waals surface area contributed by atoms with Crippen molar-refractivity contribution in [3.63, 3.8) is 0 Å². The predicted octanol–water partition coefficient (Wildman–Crippen LogP) is 18.4. The van der Waals surface area contributed by atoms with Gasteiger partial charge in [0.25, 0.3) is 0 Å². The summed E-state index contributed by atoms with van der Waals surface area (Å²) in [5.74, 6) is 0. The molecule has 49 heavy (non-hydrogen) atoms. The first kappa shape index (κ1) is 49.4. The standard InChI is InChI=1S/C48H101P/c1-5-9-13-17-21-24-27-30-34-38-42-46-49(45-41-37-33-20-16-12-8-4,47-43-39-35-31-28-25-22-18-14-10-6-2)48-44-40-36-32-29-26-23-19-15-11-7-3/h49H,5-48H2,1-4H3. The molecule has 0 aromatic heterocycles. The first-order chi connectivity index (χ1) is 24.2. The molecule has 1 heteroatoms. The summed E-state index contributed by atoms with van der Waals surface area (Å²) in [6, 6.07) is 0. The van der Waals surface area contributed by atoms with Gasteiger partial charge in [-0.3, -0.25) is 0 Å². The van der Waals surface area contributed by atoms with Gasteiger partial charge < -0.3 is 0 Å². The molecule has 0 N–H and O–H groups in total. The predicted molar refractivity (Wildman–Crippen MR) is 235 cm³/mol. The molecule has 0 aromatic rings. The van der Waals surface area contributed by atoms with Crippen molar-refractivity contribution < 1.29 is 0 Å². The fourth-order valence-corrected chi connectivity index (χ4v) is 14.2. The van der Waals surface area contributed by atoms with Crippen LogP contribution in [0.15, 0.2) is 0 Å². The molecule has 0 aliphatic rings. The van der Waals surface area contributed by atoms with Crippen LogP contribution in [-0.4, -0.2) is 24.6 Å².